The Balaban J connectivity index is 1.80. The Morgan fingerprint density at radius 2 is 1.88 bits per heavy atom. The molecule has 0 radical (unpaired) electrons. The van der Waals surface area contributed by atoms with Crippen LogP contribution in [0, 0.1) is 6.92 Å². The van der Waals surface area contributed by atoms with Gasteiger partial charge >= 0.3 is 0 Å². The van der Waals surface area contributed by atoms with Gasteiger partial charge in [-0.25, -0.2) is 9.97 Å². The minimum atomic E-state index is -0.00954. The average Bonchev–Trinajstić information content (AvgIpc) is 2.68. The number of hydrogen-bond donors (Lipinski definition) is 0. The lowest BCUT2D eigenvalue weighted by molar-refractivity contribution is 0.0637. The van der Waals surface area contributed by atoms with Crippen molar-refractivity contribution >= 4 is 17.4 Å². The zero-order valence-electron chi connectivity index (χ0n) is 15.9. The molecule has 0 bridgehead atoms. The van der Waals surface area contributed by atoms with Crippen LogP contribution in [-0.4, -0.2) is 64.9 Å². The number of aryl methyl sites for hydroxylation is 1. The summed E-state index contributed by atoms with van der Waals surface area (Å²) in [6, 6.07) is 10.1. The van der Waals surface area contributed by atoms with E-state index in [2.05, 4.69) is 58.7 Å². The smallest absolute Gasteiger partial charge is 0.272 e. The Hall–Kier alpha value is -2.47. The second-order valence-corrected chi connectivity index (χ2v) is 6.57. The maximum absolute atomic E-state index is 12.8. The molecule has 1 aromatic carbocycles. The van der Waals surface area contributed by atoms with E-state index in [1.54, 1.807) is 6.07 Å². The van der Waals surface area contributed by atoms with E-state index in [-0.39, 0.29) is 5.91 Å². The molecule has 26 heavy (non-hydrogen) atoms. The molecular weight excluding hydrogens is 326 g/mol. The monoisotopic (exact) mass is 353 g/mol. The Kier molecular flexibility index (Phi) is 5.83. The quantitative estimate of drug-likeness (QED) is 0.827. The molecule has 1 aliphatic rings. The molecule has 6 heteroatoms. The topological polar surface area (TPSA) is 52.6 Å². The van der Waals surface area contributed by atoms with Crippen LogP contribution in [0.5, 0.6) is 0 Å². The lowest BCUT2D eigenvalue weighted by atomic mass is 10.2. The summed E-state index contributed by atoms with van der Waals surface area (Å²) in [7, 11) is 0. The second kappa shape index (κ2) is 8.27. The van der Waals surface area contributed by atoms with Crippen molar-refractivity contribution in [1.82, 2.24) is 19.8 Å². The Labute approximate surface area is 155 Å². The molecule has 1 aliphatic heterocycles. The highest BCUT2D eigenvalue weighted by Crippen LogP contribution is 2.24. The molecule has 0 saturated carbocycles. The van der Waals surface area contributed by atoms with E-state index in [0.717, 1.165) is 50.8 Å². The number of aromatic nitrogens is 2. The zero-order valence-corrected chi connectivity index (χ0v) is 15.9. The third-order valence-electron chi connectivity index (χ3n) is 4.88. The summed E-state index contributed by atoms with van der Waals surface area (Å²) < 4.78 is 0. The molecule has 0 aliphatic carbocycles. The molecule has 0 atom stereocenters. The zero-order chi connectivity index (χ0) is 18.5. The lowest BCUT2D eigenvalue weighted by Gasteiger charge is -2.33. The van der Waals surface area contributed by atoms with Gasteiger partial charge in [-0.2, -0.15) is 0 Å². The SMILES string of the molecule is CCN1CCN(C(=O)c2cc(N(CC)c3cccc(C)c3)ncn2)CC1. The maximum atomic E-state index is 12.8. The van der Waals surface area contributed by atoms with Crippen LogP contribution >= 0.6 is 0 Å². The summed E-state index contributed by atoms with van der Waals surface area (Å²) in [5, 5.41) is 0. The number of carbonyl (C=O) groups excluding carboxylic acids is 1. The van der Waals surface area contributed by atoms with Gasteiger partial charge in [0, 0.05) is 44.5 Å². The standard InChI is InChI=1S/C20H27N5O/c1-4-23-9-11-24(12-10-23)20(26)18-14-19(22-15-21-18)25(5-2)17-8-6-7-16(3)13-17/h6-8,13-15H,4-5,9-12H2,1-3H3. The Morgan fingerprint density at radius 1 is 1.12 bits per heavy atom. The highest BCUT2D eigenvalue weighted by molar-refractivity contribution is 5.93. The van der Waals surface area contributed by atoms with E-state index in [0.29, 0.717) is 5.69 Å². The molecule has 3 rings (SSSR count). The van der Waals surface area contributed by atoms with Crippen LogP contribution in [0.4, 0.5) is 11.5 Å². The molecule has 1 saturated heterocycles. The van der Waals surface area contributed by atoms with Crippen LogP contribution < -0.4 is 4.90 Å². The van der Waals surface area contributed by atoms with Crippen molar-refractivity contribution in [2.45, 2.75) is 20.8 Å². The van der Waals surface area contributed by atoms with Gasteiger partial charge in [0.1, 0.15) is 17.8 Å². The van der Waals surface area contributed by atoms with E-state index in [1.165, 1.54) is 11.9 Å². The molecule has 1 fully saturated rings. The summed E-state index contributed by atoms with van der Waals surface area (Å²) >= 11 is 0. The van der Waals surface area contributed by atoms with Gasteiger partial charge in [-0.15, -0.1) is 0 Å². The van der Waals surface area contributed by atoms with Crippen LogP contribution in [0.15, 0.2) is 36.7 Å². The average molecular weight is 353 g/mol. The van der Waals surface area contributed by atoms with E-state index in [9.17, 15) is 4.79 Å². The lowest BCUT2D eigenvalue weighted by Crippen LogP contribution is -2.48. The summed E-state index contributed by atoms with van der Waals surface area (Å²) in [5.41, 5.74) is 2.73. The number of piperazine rings is 1. The fraction of sp³-hybridized carbons (Fsp3) is 0.450. The van der Waals surface area contributed by atoms with Gasteiger partial charge in [0.15, 0.2) is 0 Å². The number of rotatable bonds is 5. The number of amides is 1. The maximum Gasteiger partial charge on any atom is 0.272 e. The number of benzene rings is 1. The van der Waals surface area contributed by atoms with Gasteiger partial charge < -0.3 is 14.7 Å². The van der Waals surface area contributed by atoms with Gasteiger partial charge in [0.25, 0.3) is 5.91 Å². The molecule has 6 nitrogen and oxygen atoms in total. The van der Waals surface area contributed by atoms with Gasteiger partial charge in [0.05, 0.1) is 0 Å². The number of hydrogen-bond acceptors (Lipinski definition) is 5. The number of carbonyl (C=O) groups is 1. The summed E-state index contributed by atoms with van der Waals surface area (Å²) in [5.74, 6) is 0.744. The predicted molar refractivity (Wildman–Crippen MR) is 104 cm³/mol. The Morgan fingerprint density at radius 3 is 2.54 bits per heavy atom. The highest BCUT2D eigenvalue weighted by Gasteiger charge is 2.23. The van der Waals surface area contributed by atoms with Crippen LogP contribution in [-0.2, 0) is 0 Å². The van der Waals surface area contributed by atoms with Crippen LogP contribution in [0.25, 0.3) is 0 Å². The molecular formula is C20H27N5O. The first-order valence-corrected chi connectivity index (χ1v) is 9.30. The molecule has 1 aromatic heterocycles. The number of nitrogens with zero attached hydrogens (tertiary/aromatic N) is 5. The molecule has 138 valence electrons. The summed E-state index contributed by atoms with van der Waals surface area (Å²) in [6.07, 6.45) is 1.49. The van der Waals surface area contributed by atoms with Crippen molar-refractivity contribution in [2.75, 3.05) is 44.2 Å². The normalized spacial score (nSPS) is 15.1. The number of anilines is 2. The van der Waals surface area contributed by atoms with Crippen molar-refractivity contribution in [3.05, 3.63) is 47.9 Å². The van der Waals surface area contributed by atoms with Crippen LogP contribution in [0.1, 0.15) is 29.9 Å². The van der Waals surface area contributed by atoms with Crippen molar-refractivity contribution < 1.29 is 4.79 Å². The van der Waals surface area contributed by atoms with Crippen molar-refractivity contribution in [1.29, 1.82) is 0 Å². The van der Waals surface area contributed by atoms with Crippen molar-refractivity contribution in [3.63, 3.8) is 0 Å². The predicted octanol–water partition coefficient (Wildman–Crippen LogP) is 2.72. The van der Waals surface area contributed by atoms with Crippen molar-refractivity contribution in [3.8, 4) is 0 Å². The molecule has 0 unspecified atom stereocenters. The third kappa shape index (κ3) is 4.02. The van der Waals surface area contributed by atoms with Gasteiger partial charge in [-0.1, -0.05) is 19.1 Å². The van der Waals surface area contributed by atoms with Crippen molar-refractivity contribution in [2.24, 2.45) is 0 Å². The number of likely N-dealkylation sites (N-methyl/N-ethyl adjacent to an activating group) is 1. The van der Waals surface area contributed by atoms with Gasteiger partial charge in [-0.3, -0.25) is 4.79 Å². The largest absolute Gasteiger partial charge is 0.335 e. The fourth-order valence-electron chi connectivity index (χ4n) is 3.31. The summed E-state index contributed by atoms with van der Waals surface area (Å²) in [4.78, 5) is 27.8. The van der Waals surface area contributed by atoms with Gasteiger partial charge in [-0.05, 0) is 38.1 Å². The first-order chi connectivity index (χ1) is 12.6. The van der Waals surface area contributed by atoms with E-state index in [1.807, 2.05) is 11.0 Å². The minimum absolute atomic E-state index is 0.00954. The molecule has 2 heterocycles. The van der Waals surface area contributed by atoms with Gasteiger partial charge in [0.2, 0.25) is 0 Å². The fourth-order valence-corrected chi connectivity index (χ4v) is 3.31. The molecule has 0 N–H and O–H groups in total. The first-order valence-electron chi connectivity index (χ1n) is 9.30. The molecule has 1 amide bonds. The summed E-state index contributed by atoms with van der Waals surface area (Å²) in [6.45, 7) is 11.4. The third-order valence-corrected chi connectivity index (χ3v) is 4.88. The second-order valence-electron chi connectivity index (χ2n) is 6.57. The van der Waals surface area contributed by atoms with E-state index in [4.69, 9.17) is 0 Å². The van der Waals surface area contributed by atoms with E-state index < -0.39 is 0 Å². The highest BCUT2D eigenvalue weighted by atomic mass is 16.2. The van der Waals surface area contributed by atoms with E-state index >= 15 is 0 Å². The molecule has 2 aromatic rings. The minimum Gasteiger partial charge on any atom is -0.335 e. The van der Waals surface area contributed by atoms with Crippen LogP contribution in [0.2, 0.25) is 0 Å². The first kappa shape index (κ1) is 18.3. The molecule has 0 spiro atoms. The van der Waals surface area contributed by atoms with Crippen LogP contribution in [0.3, 0.4) is 0 Å². The Bertz CT molecular complexity index is 755.